The fourth-order valence-electron chi connectivity index (χ4n) is 0.652. The van der Waals surface area contributed by atoms with Gasteiger partial charge in [-0.3, -0.25) is 0 Å². The Hall–Kier alpha value is -0.750. The van der Waals surface area contributed by atoms with Crippen molar-refractivity contribution in [2.24, 2.45) is 0 Å². The molecule has 0 aromatic carbocycles. The zero-order valence-corrected chi connectivity index (χ0v) is 7.82. The molecule has 0 fully saturated rings. The molecule has 0 saturated carbocycles. The molecule has 1 atom stereocenters. The molecule has 0 aromatic heterocycles. The lowest BCUT2D eigenvalue weighted by Crippen LogP contribution is -2.65. The van der Waals surface area contributed by atoms with Crippen LogP contribution in [0.25, 0.3) is 0 Å². The fourth-order valence-corrected chi connectivity index (χ4v) is 1.35. The van der Waals surface area contributed by atoms with Crippen molar-refractivity contribution in [2.45, 2.75) is 23.3 Å². The van der Waals surface area contributed by atoms with Gasteiger partial charge in [0.1, 0.15) is 0 Å². The zero-order valence-electron chi connectivity index (χ0n) is 7.00. The van der Waals surface area contributed by atoms with Gasteiger partial charge in [-0.25, -0.2) is 4.39 Å². The van der Waals surface area contributed by atoms with Crippen molar-refractivity contribution in [3.05, 3.63) is 0 Å². The predicted octanol–water partition coefficient (Wildman–Crippen LogP) is 2.71. The quantitative estimate of drug-likeness (QED) is 0.580. The molecule has 0 aromatic rings. The van der Waals surface area contributed by atoms with Gasteiger partial charge in [-0.1, -0.05) is 0 Å². The molecule has 0 aliphatic rings. The van der Waals surface area contributed by atoms with E-state index in [0.717, 1.165) is 0 Å². The van der Waals surface area contributed by atoms with E-state index in [1.807, 2.05) is 0 Å². The third kappa shape index (κ3) is 2.15. The molecule has 0 aliphatic carbocycles. The van der Waals surface area contributed by atoms with Gasteiger partial charge in [-0.05, 0) is 0 Å². The minimum atomic E-state index is -7.92. The number of hydrogen-bond acceptors (Lipinski definition) is 2. The van der Waals surface area contributed by atoms with Gasteiger partial charge in [0.15, 0.2) is 0 Å². The van der Waals surface area contributed by atoms with E-state index in [9.17, 15) is 51.8 Å². The molecule has 0 aliphatic heterocycles. The second kappa shape index (κ2) is 3.62. The monoisotopic (exact) mass is 302 g/mol. The van der Waals surface area contributed by atoms with Crippen LogP contribution in [0.5, 0.6) is 0 Å². The summed E-state index contributed by atoms with van der Waals surface area (Å²) in [5.74, 6) is -7.49. The molecular weight excluding hydrogens is 302 g/mol. The Morgan fingerprint density at radius 1 is 0.647 bits per heavy atom. The predicted molar refractivity (Wildman–Crippen MR) is 30.9 cm³/mol. The van der Waals surface area contributed by atoms with Gasteiger partial charge >= 0.3 is 33.5 Å². The molecule has 0 amide bonds. The first kappa shape index (κ1) is 16.2. The summed E-state index contributed by atoms with van der Waals surface area (Å²) < 4.78 is 137. The molecule has 0 N–H and O–H groups in total. The number of halogens is 10. The van der Waals surface area contributed by atoms with E-state index in [2.05, 4.69) is 0 Å². The topological polar surface area (TPSA) is 34.1 Å². The normalized spacial score (nSPS) is 18.9. The Morgan fingerprint density at radius 2 is 0.941 bits per heavy atom. The van der Waals surface area contributed by atoms with Crippen molar-refractivity contribution < 1.29 is 51.8 Å². The molecule has 0 rings (SSSR count). The molecule has 104 valence electrons. The van der Waals surface area contributed by atoms with Crippen LogP contribution in [0, 0.1) is 0 Å². The second-order valence-corrected chi connectivity index (χ2v) is 4.04. The van der Waals surface area contributed by atoms with E-state index in [1.54, 1.807) is 0 Å². The summed E-state index contributed by atoms with van der Waals surface area (Å²) in [4.78, 5) is 0. The summed E-state index contributed by atoms with van der Waals surface area (Å²) in [5.41, 5.74) is 0. The first-order chi connectivity index (χ1) is 7.00. The Bertz CT molecular complexity index is 390. The van der Waals surface area contributed by atoms with Crippen molar-refractivity contribution in [3.63, 3.8) is 0 Å². The average molecular weight is 302 g/mol. The van der Waals surface area contributed by atoms with Gasteiger partial charge in [0, 0.05) is 0 Å². The Labute approximate surface area is 86.4 Å². The highest BCUT2D eigenvalue weighted by atomic mass is 32.3. The maximum absolute atomic E-state index is 12.5. The molecule has 0 heterocycles. The van der Waals surface area contributed by atoms with Crippen LogP contribution in [0.4, 0.5) is 43.4 Å². The van der Waals surface area contributed by atoms with Crippen LogP contribution < -0.4 is 0 Å². The van der Waals surface area contributed by atoms with Gasteiger partial charge in [-0.15, -0.1) is 3.89 Å². The molecule has 0 spiro atoms. The van der Waals surface area contributed by atoms with E-state index < -0.39 is 33.5 Å². The van der Waals surface area contributed by atoms with Crippen molar-refractivity contribution >= 4 is 10.2 Å². The van der Waals surface area contributed by atoms with Gasteiger partial charge in [-0.2, -0.15) is 43.5 Å². The molecule has 0 radical (unpaired) electrons. The number of hydrogen-bond donors (Lipinski definition) is 0. The van der Waals surface area contributed by atoms with Crippen molar-refractivity contribution in [1.82, 2.24) is 0 Å². The molecule has 0 saturated heterocycles. The van der Waals surface area contributed by atoms with Crippen LogP contribution in [0.2, 0.25) is 0 Å². The number of rotatable bonds is 2. The molecule has 0 bridgehead atoms. The zero-order chi connectivity index (χ0) is 14.5. The average Bonchev–Trinajstić information content (AvgIpc) is 1.95. The van der Waals surface area contributed by atoms with E-state index >= 15 is 0 Å². The summed E-state index contributed by atoms with van der Waals surface area (Å²) in [7, 11) is -7.92. The SMILES string of the molecule is O=S(=O)(F)C(F)(C(F)(F)F)C(F)(F)C(F)(F)F. The molecular formula is C4F10O2S. The third-order valence-electron chi connectivity index (χ3n) is 1.46. The maximum atomic E-state index is 12.5. The van der Waals surface area contributed by atoms with Crippen molar-refractivity contribution in [2.75, 3.05) is 0 Å². The summed E-state index contributed by atoms with van der Waals surface area (Å²) in [5, 5.41) is -7.40. The Balaban J connectivity index is 6.24. The first-order valence-electron chi connectivity index (χ1n) is 3.14. The summed E-state index contributed by atoms with van der Waals surface area (Å²) in [6.45, 7) is 0. The van der Waals surface area contributed by atoms with Crippen molar-refractivity contribution in [3.8, 4) is 0 Å². The van der Waals surface area contributed by atoms with E-state index in [4.69, 9.17) is 0 Å². The van der Waals surface area contributed by atoms with Gasteiger partial charge in [0.05, 0.1) is 0 Å². The first-order valence-corrected chi connectivity index (χ1v) is 4.53. The largest absolute Gasteiger partial charge is 0.458 e. The van der Waals surface area contributed by atoms with Crippen LogP contribution in [0.3, 0.4) is 0 Å². The molecule has 17 heavy (non-hydrogen) atoms. The lowest BCUT2D eigenvalue weighted by atomic mass is 10.2. The minimum Gasteiger partial charge on any atom is -0.205 e. The Morgan fingerprint density at radius 3 is 1.00 bits per heavy atom. The van der Waals surface area contributed by atoms with E-state index in [0.29, 0.717) is 0 Å². The second-order valence-electron chi connectivity index (χ2n) is 2.60. The summed E-state index contributed by atoms with van der Waals surface area (Å²) in [6, 6.07) is 0. The van der Waals surface area contributed by atoms with Crippen LogP contribution in [0.15, 0.2) is 0 Å². The smallest absolute Gasteiger partial charge is 0.205 e. The number of alkyl halides is 9. The van der Waals surface area contributed by atoms with Gasteiger partial charge < -0.3 is 0 Å². The maximum Gasteiger partial charge on any atom is 0.458 e. The highest BCUT2D eigenvalue weighted by Gasteiger charge is 2.88. The lowest BCUT2D eigenvalue weighted by Gasteiger charge is -2.32. The van der Waals surface area contributed by atoms with Gasteiger partial charge in [0.25, 0.3) is 0 Å². The highest BCUT2D eigenvalue weighted by molar-refractivity contribution is 7.87. The van der Waals surface area contributed by atoms with Crippen LogP contribution in [0.1, 0.15) is 0 Å². The molecule has 1 unspecified atom stereocenters. The third-order valence-corrected chi connectivity index (χ3v) is 2.62. The van der Waals surface area contributed by atoms with Gasteiger partial charge in [0.2, 0.25) is 0 Å². The van der Waals surface area contributed by atoms with Crippen LogP contribution in [-0.2, 0) is 10.2 Å². The van der Waals surface area contributed by atoms with Crippen LogP contribution in [-0.4, -0.2) is 31.7 Å². The standard InChI is InChI=1S/C4F10O2S/c5-1(6,3(8,9)10)2(7,4(11,12)13)17(14,15)16. The summed E-state index contributed by atoms with van der Waals surface area (Å²) >= 11 is 0. The minimum absolute atomic E-state index is 7.25. The van der Waals surface area contributed by atoms with E-state index in [-0.39, 0.29) is 0 Å². The highest BCUT2D eigenvalue weighted by Crippen LogP contribution is 2.55. The van der Waals surface area contributed by atoms with Crippen LogP contribution >= 0.6 is 0 Å². The summed E-state index contributed by atoms with van der Waals surface area (Å²) in [6.07, 6.45) is -14.6. The fraction of sp³-hybridized carbons (Fsp3) is 1.00. The Kier molecular flexibility index (Phi) is 3.46. The van der Waals surface area contributed by atoms with E-state index in [1.165, 1.54) is 0 Å². The molecule has 13 heteroatoms. The molecule has 2 nitrogen and oxygen atoms in total. The van der Waals surface area contributed by atoms with Crippen molar-refractivity contribution in [1.29, 1.82) is 0 Å². The lowest BCUT2D eigenvalue weighted by molar-refractivity contribution is -0.359.